The van der Waals surface area contributed by atoms with Crippen LogP contribution in [0.25, 0.3) is 0 Å². The quantitative estimate of drug-likeness (QED) is 0.344. The molecule has 10 nitrogen and oxygen atoms in total. The summed E-state index contributed by atoms with van der Waals surface area (Å²) < 4.78 is 55.7. The van der Waals surface area contributed by atoms with E-state index in [4.69, 9.17) is 9.47 Å². The van der Waals surface area contributed by atoms with Crippen molar-refractivity contribution in [3.8, 4) is 5.88 Å². The zero-order valence-electron chi connectivity index (χ0n) is 20.0. The number of carbonyl (C=O) groups is 1. The molecule has 1 unspecified atom stereocenters. The van der Waals surface area contributed by atoms with E-state index in [1.54, 1.807) is 20.8 Å². The second-order valence-electron chi connectivity index (χ2n) is 8.98. The maximum absolute atomic E-state index is 13.2. The Morgan fingerprint density at radius 1 is 1.35 bits per heavy atom. The first kappa shape index (κ1) is 28.1. The maximum atomic E-state index is 13.2. The number of rotatable bonds is 11. The molecule has 1 aromatic rings. The number of piperidine rings is 1. The normalized spacial score (nSPS) is 17.4. The third-order valence-electron chi connectivity index (χ3n) is 5.13. The van der Waals surface area contributed by atoms with E-state index >= 15 is 0 Å². The minimum absolute atomic E-state index is 0.0217. The van der Waals surface area contributed by atoms with Crippen molar-refractivity contribution in [1.82, 2.24) is 14.6 Å². The fourth-order valence-electron chi connectivity index (χ4n) is 3.31. The number of esters is 1. The Morgan fingerprint density at radius 3 is 2.56 bits per heavy atom. The predicted molar refractivity (Wildman–Crippen MR) is 122 cm³/mol. The van der Waals surface area contributed by atoms with Crippen molar-refractivity contribution in [2.75, 3.05) is 33.4 Å². The van der Waals surface area contributed by atoms with Crippen molar-refractivity contribution in [3.63, 3.8) is 0 Å². The Morgan fingerprint density at radius 2 is 2.03 bits per heavy atom. The van der Waals surface area contributed by atoms with E-state index in [1.807, 2.05) is 0 Å². The number of aliphatic hydroxyl groups excluding tert-OH is 1. The van der Waals surface area contributed by atoms with Gasteiger partial charge < -0.3 is 19.3 Å². The first-order valence-electron chi connectivity index (χ1n) is 11.0. The van der Waals surface area contributed by atoms with Gasteiger partial charge in [-0.15, -0.1) is 0 Å². The lowest BCUT2D eigenvalue weighted by Crippen LogP contribution is -2.39. The SMILES string of the molecule is COC(=O)CC1CCN(S(=O)(=O)c2ccc(OC/C(=C/F)CNC(O)OC(C)(C)C)nc2)CC1. The van der Waals surface area contributed by atoms with Crippen LogP contribution in [0.5, 0.6) is 5.88 Å². The van der Waals surface area contributed by atoms with E-state index < -0.39 is 22.0 Å². The number of hydrogen-bond acceptors (Lipinski definition) is 9. The molecule has 0 aliphatic carbocycles. The molecular formula is C22H34FN3O7S. The van der Waals surface area contributed by atoms with Crippen molar-refractivity contribution in [3.05, 3.63) is 30.2 Å². The van der Waals surface area contributed by atoms with Crippen LogP contribution in [0.3, 0.4) is 0 Å². The van der Waals surface area contributed by atoms with Crippen LogP contribution in [-0.4, -0.2) is 74.1 Å². The molecule has 2 rings (SSSR count). The number of sulfonamides is 1. The van der Waals surface area contributed by atoms with Gasteiger partial charge in [-0.3, -0.25) is 10.1 Å². The highest BCUT2D eigenvalue weighted by Crippen LogP contribution is 2.26. The van der Waals surface area contributed by atoms with Gasteiger partial charge >= 0.3 is 5.97 Å². The van der Waals surface area contributed by atoms with E-state index in [9.17, 15) is 22.7 Å². The van der Waals surface area contributed by atoms with Crippen molar-refractivity contribution in [2.24, 2.45) is 5.92 Å². The zero-order valence-corrected chi connectivity index (χ0v) is 20.8. The van der Waals surface area contributed by atoms with Crippen LogP contribution < -0.4 is 10.1 Å². The molecular weight excluding hydrogens is 469 g/mol. The summed E-state index contributed by atoms with van der Waals surface area (Å²) in [4.78, 5) is 15.5. The molecule has 0 bridgehead atoms. The van der Waals surface area contributed by atoms with E-state index in [0.29, 0.717) is 32.3 Å². The molecule has 1 aliphatic rings. The molecule has 0 saturated carbocycles. The number of nitrogens with one attached hydrogen (secondary N) is 1. The third-order valence-corrected chi connectivity index (χ3v) is 7.01. The topological polar surface area (TPSA) is 127 Å². The Kier molecular flexibility index (Phi) is 10.4. The monoisotopic (exact) mass is 503 g/mol. The van der Waals surface area contributed by atoms with Gasteiger partial charge in [-0.25, -0.2) is 17.8 Å². The van der Waals surface area contributed by atoms with Gasteiger partial charge in [-0.2, -0.15) is 4.31 Å². The Labute approximate surface area is 200 Å². The van der Waals surface area contributed by atoms with E-state index in [1.165, 1.54) is 29.7 Å². The summed E-state index contributed by atoms with van der Waals surface area (Å²) in [5, 5.41) is 12.4. The number of carbonyl (C=O) groups excluding carboxylic acids is 1. The number of pyridine rings is 1. The smallest absolute Gasteiger partial charge is 0.305 e. The number of nitrogens with zero attached hydrogens (tertiary/aromatic N) is 2. The lowest BCUT2D eigenvalue weighted by molar-refractivity contribution is -0.180. The molecule has 2 heterocycles. The van der Waals surface area contributed by atoms with Gasteiger partial charge in [0.1, 0.15) is 11.5 Å². The molecule has 0 amide bonds. The molecule has 0 aromatic carbocycles. The lowest BCUT2D eigenvalue weighted by Gasteiger charge is -2.30. The minimum atomic E-state index is -3.73. The highest BCUT2D eigenvalue weighted by atomic mass is 32.2. The Balaban J connectivity index is 1.86. The van der Waals surface area contributed by atoms with E-state index in [2.05, 4.69) is 15.0 Å². The third kappa shape index (κ3) is 8.91. The second-order valence-corrected chi connectivity index (χ2v) is 10.9. The van der Waals surface area contributed by atoms with Crippen molar-refractivity contribution < 1.29 is 36.9 Å². The molecule has 1 aliphatic heterocycles. The summed E-state index contributed by atoms with van der Waals surface area (Å²) in [6.45, 7) is 5.76. The molecule has 1 atom stereocenters. The number of ether oxygens (including phenoxy) is 3. The Hall–Kier alpha value is -2.12. The second kappa shape index (κ2) is 12.5. The summed E-state index contributed by atoms with van der Waals surface area (Å²) in [7, 11) is -2.39. The minimum Gasteiger partial charge on any atom is -0.473 e. The molecule has 1 saturated heterocycles. The largest absolute Gasteiger partial charge is 0.473 e. The predicted octanol–water partition coefficient (Wildman–Crippen LogP) is 1.96. The summed E-state index contributed by atoms with van der Waals surface area (Å²) >= 11 is 0. The summed E-state index contributed by atoms with van der Waals surface area (Å²) in [6, 6.07) is 2.79. The van der Waals surface area contributed by atoms with Crippen LogP contribution in [0.4, 0.5) is 4.39 Å². The van der Waals surface area contributed by atoms with Crippen molar-refractivity contribution in [1.29, 1.82) is 0 Å². The van der Waals surface area contributed by atoms with E-state index in [-0.39, 0.29) is 47.8 Å². The number of halogens is 1. The molecule has 2 N–H and O–H groups in total. The molecule has 12 heteroatoms. The highest BCUT2D eigenvalue weighted by Gasteiger charge is 2.30. The molecule has 1 fully saturated rings. The summed E-state index contributed by atoms with van der Waals surface area (Å²) in [5.41, 5.74) is -0.377. The van der Waals surface area contributed by atoms with Crippen LogP contribution >= 0.6 is 0 Å². The fourth-order valence-corrected chi connectivity index (χ4v) is 4.72. The van der Waals surface area contributed by atoms with Crippen LogP contribution in [0, 0.1) is 5.92 Å². The molecule has 34 heavy (non-hydrogen) atoms. The van der Waals surface area contributed by atoms with Gasteiger partial charge in [0.25, 0.3) is 0 Å². The molecule has 1 aromatic heterocycles. The van der Waals surface area contributed by atoms with Gasteiger partial charge in [0.05, 0.1) is 25.2 Å². The number of hydrogen-bond donors (Lipinski definition) is 2. The van der Waals surface area contributed by atoms with Crippen molar-refractivity contribution >= 4 is 16.0 Å². The standard InChI is InChI=1S/C22H34FN3O7S/c1-22(2,3)33-21(28)25-13-17(12-23)15-32-19-6-5-18(14-24-19)34(29,30)26-9-7-16(8-10-26)11-20(27)31-4/h5-6,12,14,16,21,25,28H,7-11,13,15H2,1-4H3/b17-12+. The molecule has 0 radical (unpaired) electrons. The van der Waals surface area contributed by atoms with Crippen LogP contribution in [0.1, 0.15) is 40.0 Å². The fraction of sp³-hybridized carbons (Fsp3) is 0.636. The van der Waals surface area contributed by atoms with Gasteiger partial charge in [0, 0.05) is 37.7 Å². The summed E-state index contributed by atoms with van der Waals surface area (Å²) in [5.74, 6) is -0.0696. The van der Waals surface area contributed by atoms with Crippen LogP contribution in [-0.2, 0) is 24.3 Å². The first-order valence-corrected chi connectivity index (χ1v) is 12.4. The van der Waals surface area contributed by atoms with Gasteiger partial charge in [0.2, 0.25) is 22.3 Å². The zero-order chi connectivity index (χ0) is 25.4. The number of aromatic nitrogens is 1. The van der Waals surface area contributed by atoms with Gasteiger partial charge in [0.15, 0.2) is 0 Å². The average molecular weight is 504 g/mol. The van der Waals surface area contributed by atoms with Crippen LogP contribution in [0.2, 0.25) is 0 Å². The lowest BCUT2D eigenvalue weighted by atomic mass is 9.95. The number of aliphatic hydroxyl groups is 1. The average Bonchev–Trinajstić information content (AvgIpc) is 2.78. The van der Waals surface area contributed by atoms with Gasteiger partial charge in [-0.1, -0.05) is 0 Å². The molecule has 0 spiro atoms. The first-order chi connectivity index (χ1) is 15.9. The summed E-state index contributed by atoms with van der Waals surface area (Å²) in [6.07, 6.45) is 1.71. The van der Waals surface area contributed by atoms with Crippen molar-refractivity contribution in [2.45, 2.75) is 56.9 Å². The highest BCUT2D eigenvalue weighted by molar-refractivity contribution is 7.89. The van der Waals surface area contributed by atoms with Gasteiger partial charge in [-0.05, 0) is 45.6 Å². The van der Waals surface area contributed by atoms with E-state index in [0.717, 1.165) is 0 Å². The molecule has 192 valence electrons. The number of methoxy groups -OCH3 is 1. The maximum Gasteiger partial charge on any atom is 0.305 e. The Bertz CT molecular complexity index is 925. The van der Waals surface area contributed by atoms with Crippen LogP contribution in [0.15, 0.2) is 35.1 Å².